The average Bonchev–Trinajstić information content (AvgIpc) is 3.14. The minimum Gasteiger partial charge on any atom is -0.491 e. The number of nitrogens with one attached hydrogen (secondary N) is 1. The number of hydrogen-bond acceptors (Lipinski definition) is 8. The maximum atomic E-state index is 13.6. The van der Waals surface area contributed by atoms with E-state index in [2.05, 4.69) is 10.3 Å². The molecule has 0 aliphatic carbocycles. The number of imidazole rings is 1. The number of primary amides is 1. The summed E-state index contributed by atoms with van der Waals surface area (Å²) in [4.78, 5) is 28.8. The summed E-state index contributed by atoms with van der Waals surface area (Å²) >= 11 is 0. The van der Waals surface area contributed by atoms with E-state index in [1.54, 1.807) is 34.9 Å². The number of benzene rings is 1. The van der Waals surface area contributed by atoms with Crippen LogP contribution in [0.3, 0.4) is 0 Å². The molecule has 0 bridgehead atoms. The van der Waals surface area contributed by atoms with Crippen molar-refractivity contribution in [3.8, 4) is 17.1 Å². The number of rotatable bonds is 7. The molecule has 2 atom stereocenters. The van der Waals surface area contributed by atoms with Crippen molar-refractivity contribution in [1.29, 1.82) is 0 Å². The molecule has 2 aliphatic rings. The van der Waals surface area contributed by atoms with Crippen molar-refractivity contribution in [1.82, 2.24) is 9.55 Å². The van der Waals surface area contributed by atoms with Gasteiger partial charge in [-0.25, -0.2) is 18.6 Å². The summed E-state index contributed by atoms with van der Waals surface area (Å²) in [6, 6.07) is 3.11. The number of morpholine rings is 1. The Morgan fingerprint density at radius 1 is 1.45 bits per heavy atom. The standard InChI is InChI=1S/C21H23F2N5O5/c1-31-10-15(20(24)30)25-12-2-3-14-17(6-12)33-5-4-27-7-18(26-21(14)27)28-13(8-29)9-32-11-16(28)19(22)23/h2-3,6-7,15-16,19,25H,4-5,9-11H2,1H3,(H2,24,30)/t15-,16-/m0/s1. The van der Waals surface area contributed by atoms with E-state index in [0.717, 1.165) is 0 Å². The molecule has 1 aromatic heterocycles. The normalized spacial score (nSPS) is 18.6. The van der Waals surface area contributed by atoms with Crippen LogP contribution in [0, 0.1) is 0 Å². The van der Waals surface area contributed by atoms with Crippen LogP contribution in [0.25, 0.3) is 11.4 Å². The Balaban J connectivity index is 1.69. The fourth-order valence-corrected chi connectivity index (χ4v) is 3.83. The van der Waals surface area contributed by atoms with Crippen molar-refractivity contribution in [3.05, 3.63) is 30.1 Å². The monoisotopic (exact) mass is 463 g/mol. The predicted molar refractivity (Wildman–Crippen MR) is 114 cm³/mol. The quantitative estimate of drug-likeness (QED) is 0.585. The minimum absolute atomic E-state index is 0.0357. The molecule has 0 radical (unpaired) electrons. The number of nitrogens with zero attached hydrogens (tertiary/aromatic N) is 3. The molecule has 3 N–H and O–H groups in total. The van der Waals surface area contributed by atoms with Crippen molar-refractivity contribution in [2.24, 2.45) is 5.73 Å². The lowest BCUT2D eigenvalue weighted by Gasteiger charge is -2.35. The van der Waals surface area contributed by atoms with Crippen molar-refractivity contribution in [2.75, 3.05) is 43.8 Å². The van der Waals surface area contributed by atoms with E-state index in [4.69, 9.17) is 19.9 Å². The molecule has 3 heterocycles. The van der Waals surface area contributed by atoms with Gasteiger partial charge in [0.15, 0.2) is 5.82 Å². The Kier molecular flexibility index (Phi) is 6.59. The fourth-order valence-electron chi connectivity index (χ4n) is 3.83. The van der Waals surface area contributed by atoms with Crippen LogP contribution in [0.2, 0.25) is 0 Å². The summed E-state index contributed by atoms with van der Waals surface area (Å²) in [5, 5.41) is 3.00. The number of carbonyl (C=O) groups excluding carboxylic acids is 2. The number of amides is 1. The summed E-state index contributed by atoms with van der Waals surface area (Å²) in [6.45, 7) is 0.457. The van der Waals surface area contributed by atoms with E-state index in [1.807, 2.05) is 0 Å². The number of ether oxygens (including phenoxy) is 3. The van der Waals surface area contributed by atoms with Crippen molar-refractivity contribution in [3.63, 3.8) is 0 Å². The van der Waals surface area contributed by atoms with Gasteiger partial charge in [0.1, 0.15) is 41.9 Å². The molecule has 4 rings (SSSR count). The molecular formula is C21H23F2N5O5. The SMILES string of the molecule is COC[C@H](Nc1ccc2c(c1)OCCn1cc(N3C(=C=O)COC[C@H]3C(F)F)nc1-2)C(N)=O. The topological polar surface area (TPSA) is 121 Å². The second-order valence-electron chi connectivity index (χ2n) is 7.57. The summed E-state index contributed by atoms with van der Waals surface area (Å²) in [5.74, 6) is 2.34. The maximum Gasteiger partial charge on any atom is 0.261 e. The second kappa shape index (κ2) is 9.57. The highest BCUT2D eigenvalue weighted by atomic mass is 19.3. The van der Waals surface area contributed by atoms with Gasteiger partial charge in [-0.3, -0.25) is 4.79 Å². The Hall–Kier alpha value is -3.47. The van der Waals surface area contributed by atoms with Crippen molar-refractivity contribution in [2.45, 2.75) is 25.1 Å². The smallest absolute Gasteiger partial charge is 0.261 e. The second-order valence-corrected chi connectivity index (χ2v) is 7.57. The largest absolute Gasteiger partial charge is 0.491 e. The third-order valence-electron chi connectivity index (χ3n) is 5.40. The minimum atomic E-state index is -2.75. The Labute approximate surface area is 187 Å². The summed E-state index contributed by atoms with van der Waals surface area (Å²) in [5.41, 5.74) is 6.59. The zero-order valence-corrected chi connectivity index (χ0v) is 17.8. The zero-order valence-electron chi connectivity index (χ0n) is 17.8. The Bertz CT molecular complexity index is 1080. The molecule has 10 nitrogen and oxygen atoms in total. The maximum absolute atomic E-state index is 13.6. The molecular weight excluding hydrogens is 440 g/mol. The van der Waals surface area contributed by atoms with Crippen LogP contribution < -0.4 is 20.7 Å². The van der Waals surface area contributed by atoms with Crippen LogP contribution in [0.15, 0.2) is 30.1 Å². The molecule has 1 fully saturated rings. The fraction of sp³-hybridized carbons (Fsp3) is 0.429. The number of nitrogens with two attached hydrogens (primary N) is 1. The molecule has 2 aromatic rings. The lowest BCUT2D eigenvalue weighted by molar-refractivity contribution is -0.119. The highest BCUT2D eigenvalue weighted by Gasteiger charge is 2.37. The number of halogens is 2. The molecule has 33 heavy (non-hydrogen) atoms. The number of methoxy groups -OCH3 is 1. The Morgan fingerprint density at radius 3 is 2.97 bits per heavy atom. The zero-order chi connectivity index (χ0) is 23.5. The molecule has 0 saturated carbocycles. The van der Waals surface area contributed by atoms with Crippen LogP contribution in [0.5, 0.6) is 5.75 Å². The van der Waals surface area contributed by atoms with Gasteiger partial charge in [0.25, 0.3) is 6.43 Å². The number of alkyl halides is 2. The highest BCUT2D eigenvalue weighted by molar-refractivity contribution is 5.83. The van der Waals surface area contributed by atoms with Crippen molar-refractivity contribution < 1.29 is 32.6 Å². The van der Waals surface area contributed by atoms with Crippen LogP contribution in [-0.4, -0.2) is 73.4 Å². The first-order valence-electron chi connectivity index (χ1n) is 10.2. The Morgan fingerprint density at radius 2 is 2.27 bits per heavy atom. The number of carbonyl (C=O) groups is 1. The molecule has 2 aliphatic heterocycles. The highest BCUT2D eigenvalue weighted by Crippen LogP contribution is 2.37. The van der Waals surface area contributed by atoms with E-state index >= 15 is 0 Å². The average molecular weight is 463 g/mol. The van der Waals surface area contributed by atoms with E-state index in [-0.39, 0.29) is 31.3 Å². The molecule has 1 amide bonds. The molecule has 0 unspecified atom stereocenters. The number of hydrogen-bond donors (Lipinski definition) is 2. The van der Waals surface area contributed by atoms with E-state index in [1.165, 1.54) is 12.0 Å². The summed E-state index contributed by atoms with van der Waals surface area (Å²) in [7, 11) is 1.47. The predicted octanol–water partition coefficient (Wildman–Crippen LogP) is 1.04. The van der Waals surface area contributed by atoms with Gasteiger partial charge < -0.3 is 34.7 Å². The van der Waals surface area contributed by atoms with Crippen LogP contribution in [-0.2, 0) is 25.6 Å². The van der Waals surface area contributed by atoms with Gasteiger partial charge in [-0.1, -0.05) is 0 Å². The first-order chi connectivity index (χ1) is 15.9. The molecule has 1 saturated heterocycles. The van der Waals surface area contributed by atoms with Gasteiger partial charge >= 0.3 is 0 Å². The van der Waals surface area contributed by atoms with Crippen LogP contribution >= 0.6 is 0 Å². The van der Waals surface area contributed by atoms with Crippen molar-refractivity contribution >= 4 is 23.4 Å². The first kappa shape index (κ1) is 22.7. The van der Waals surface area contributed by atoms with Gasteiger partial charge in [-0.15, -0.1) is 0 Å². The van der Waals surface area contributed by atoms with E-state index in [9.17, 15) is 18.4 Å². The number of aromatic nitrogens is 2. The number of anilines is 2. The van der Waals surface area contributed by atoms with Gasteiger partial charge in [0.05, 0.1) is 31.9 Å². The molecule has 176 valence electrons. The van der Waals surface area contributed by atoms with E-state index < -0.39 is 24.4 Å². The third kappa shape index (κ3) is 4.54. The van der Waals surface area contributed by atoms with Gasteiger partial charge in [0.2, 0.25) is 5.91 Å². The first-order valence-corrected chi connectivity index (χ1v) is 10.2. The summed E-state index contributed by atoms with van der Waals surface area (Å²) < 4.78 is 45.1. The van der Waals surface area contributed by atoms with E-state index in [0.29, 0.717) is 36.0 Å². The molecule has 0 spiro atoms. The number of fused-ring (bicyclic) bond motifs is 3. The van der Waals surface area contributed by atoms with Gasteiger partial charge in [0, 0.05) is 25.1 Å². The third-order valence-corrected chi connectivity index (χ3v) is 5.40. The summed E-state index contributed by atoms with van der Waals surface area (Å²) in [6.07, 6.45) is -1.13. The van der Waals surface area contributed by atoms with Gasteiger partial charge in [-0.2, -0.15) is 0 Å². The molecule has 12 heteroatoms. The van der Waals surface area contributed by atoms with Crippen LogP contribution in [0.1, 0.15) is 0 Å². The van der Waals surface area contributed by atoms with Gasteiger partial charge in [-0.05, 0) is 12.1 Å². The lowest BCUT2D eigenvalue weighted by atomic mass is 10.1. The molecule has 1 aromatic carbocycles. The lowest BCUT2D eigenvalue weighted by Crippen LogP contribution is -2.48. The van der Waals surface area contributed by atoms with Crippen LogP contribution in [0.4, 0.5) is 20.3 Å².